The van der Waals surface area contributed by atoms with Gasteiger partial charge in [0.25, 0.3) is 6.01 Å². The Kier molecular flexibility index (Phi) is 4.53. The fourth-order valence-corrected chi connectivity index (χ4v) is 4.28. The average molecular weight is 375 g/mol. The number of aliphatic hydroxyl groups is 1. The fourth-order valence-electron chi connectivity index (χ4n) is 4.28. The lowest BCUT2D eigenvalue weighted by Gasteiger charge is -2.23. The van der Waals surface area contributed by atoms with Gasteiger partial charge in [-0.3, -0.25) is 0 Å². The molecule has 5 heteroatoms. The number of benzene rings is 2. The summed E-state index contributed by atoms with van der Waals surface area (Å²) in [7, 11) is 0. The number of nitrogens with zero attached hydrogens (tertiary/aromatic N) is 2. The molecular weight excluding hydrogens is 350 g/mol. The van der Waals surface area contributed by atoms with E-state index in [9.17, 15) is 5.11 Å². The average Bonchev–Trinajstić information content (AvgIpc) is 3.41. The molecule has 0 saturated carbocycles. The predicted molar refractivity (Wildman–Crippen MR) is 111 cm³/mol. The van der Waals surface area contributed by atoms with Gasteiger partial charge < -0.3 is 19.7 Å². The van der Waals surface area contributed by atoms with Crippen LogP contribution in [0.1, 0.15) is 30.4 Å². The molecule has 1 aliphatic heterocycles. The normalized spacial score (nSPS) is 18.9. The summed E-state index contributed by atoms with van der Waals surface area (Å²) in [6, 6.07) is 15.2. The third kappa shape index (κ3) is 3.38. The number of hydrogen-bond acceptors (Lipinski definition) is 5. The van der Waals surface area contributed by atoms with Crippen LogP contribution in [0.5, 0.6) is 0 Å². The van der Waals surface area contributed by atoms with E-state index >= 15 is 0 Å². The molecule has 2 heterocycles. The number of hydrogen-bond donors (Lipinski definition) is 2. The van der Waals surface area contributed by atoms with Crippen LogP contribution >= 0.6 is 0 Å². The Labute approximate surface area is 165 Å². The molecule has 1 aromatic heterocycles. The van der Waals surface area contributed by atoms with E-state index in [0.29, 0.717) is 12.4 Å². The fraction of sp³-hybridized carbons (Fsp3) is 0.348. The lowest BCUT2D eigenvalue weighted by atomic mass is 9.88. The van der Waals surface area contributed by atoms with Crippen LogP contribution in [-0.2, 0) is 12.8 Å². The van der Waals surface area contributed by atoms with Crippen LogP contribution in [0, 0.1) is 0 Å². The number of nitrogens with one attached hydrogen (secondary N) is 1. The molecule has 5 rings (SSSR count). The van der Waals surface area contributed by atoms with E-state index in [0.717, 1.165) is 48.4 Å². The molecule has 0 spiro atoms. The van der Waals surface area contributed by atoms with Crippen molar-refractivity contribution in [1.29, 1.82) is 0 Å². The monoisotopic (exact) mass is 375 g/mol. The molecule has 0 amide bonds. The van der Waals surface area contributed by atoms with Gasteiger partial charge in [0.15, 0.2) is 0 Å². The van der Waals surface area contributed by atoms with Crippen molar-refractivity contribution in [3.63, 3.8) is 0 Å². The second-order valence-corrected chi connectivity index (χ2v) is 7.74. The van der Waals surface area contributed by atoms with Crippen LogP contribution in [0.4, 0.5) is 17.4 Å². The third-order valence-electron chi connectivity index (χ3n) is 5.84. The molecule has 2 aliphatic rings. The van der Waals surface area contributed by atoms with Crippen molar-refractivity contribution in [3.05, 3.63) is 59.9 Å². The van der Waals surface area contributed by atoms with Crippen LogP contribution in [0.3, 0.4) is 0 Å². The molecule has 2 aromatic carbocycles. The van der Waals surface area contributed by atoms with E-state index in [-0.39, 0.29) is 6.10 Å². The largest absolute Gasteiger partial charge is 0.431 e. The summed E-state index contributed by atoms with van der Waals surface area (Å²) in [5.41, 5.74) is 6.56. The highest BCUT2D eigenvalue weighted by molar-refractivity contribution is 5.66. The minimum absolute atomic E-state index is 0.273. The van der Waals surface area contributed by atoms with Crippen LogP contribution in [0.15, 0.2) is 53.1 Å². The van der Waals surface area contributed by atoms with Gasteiger partial charge in [-0.25, -0.2) is 0 Å². The van der Waals surface area contributed by atoms with E-state index in [1.165, 1.54) is 24.1 Å². The van der Waals surface area contributed by atoms with Gasteiger partial charge in [0.1, 0.15) is 12.0 Å². The number of oxazole rings is 1. The maximum absolute atomic E-state index is 10.0. The molecule has 0 radical (unpaired) electrons. The molecule has 2 N–H and O–H groups in total. The summed E-state index contributed by atoms with van der Waals surface area (Å²) in [5, 5.41) is 13.3. The second-order valence-electron chi connectivity index (χ2n) is 7.74. The number of rotatable bonds is 4. The molecule has 1 unspecified atom stereocenters. The first-order chi connectivity index (χ1) is 13.8. The van der Waals surface area contributed by atoms with Gasteiger partial charge in [-0.05, 0) is 55.0 Å². The third-order valence-corrected chi connectivity index (χ3v) is 5.84. The maximum atomic E-state index is 10.0. The number of aromatic nitrogens is 1. The van der Waals surface area contributed by atoms with E-state index in [1.807, 2.05) is 12.1 Å². The Bertz CT molecular complexity index is 958. The van der Waals surface area contributed by atoms with Crippen molar-refractivity contribution in [1.82, 2.24) is 4.98 Å². The molecule has 3 aromatic rings. The van der Waals surface area contributed by atoms with Gasteiger partial charge in [0, 0.05) is 36.4 Å². The SMILES string of the molecule is OC1CCc2cccc(Nc3nc(-c4ccc(N5CCCC5)cc4)co3)c2C1. The standard InChI is InChI=1S/C23H25N3O2/c27-19-11-8-16-4-3-5-21(20(16)14-19)24-23-25-22(15-28-23)17-6-9-18(10-7-17)26-12-1-2-13-26/h3-7,9-10,15,19,27H,1-2,8,11-14H2,(H,24,25). The van der Waals surface area contributed by atoms with E-state index in [1.54, 1.807) is 6.26 Å². The van der Waals surface area contributed by atoms with Crippen molar-refractivity contribution in [2.45, 2.75) is 38.2 Å². The summed E-state index contributed by atoms with van der Waals surface area (Å²) in [6.45, 7) is 2.29. The first-order valence-corrected chi connectivity index (χ1v) is 10.1. The summed E-state index contributed by atoms with van der Waals surface area (Å²) in [4.78, 5) is 7.04. The molecule has 0 bridgehead atoms. The Morgan fingerprint density at radius 3 is 2.71 bits per heavy atom. The van der Waals surface area contributed by atoms with E-state index in [2.05, 4.69) is 45.5 Å². The molecule has 1 saturated heterocycles. The lowest BCUT2D eigenvalue weighted by molar-refractivity contribution is 0.159. The highest BCUT2D eigenvalue weighted by atomic mass is 16.4. The number of anilines is 3. The minimum atomic E-state index is -0.273. The first-order valence-electron chi connectivity index (χ1n) is 10.1. The van der Waals surface area contributed by atoms with E-state index < -0.39 is 0 Å². The van der Waals surface area contributed by atoms with Crippen LogP contribution < -0.4 is 10.2 Å². The number of aryl methyl sites for hydroxylation is 1. The molecule has 144 valence electrons. The molecule has 1 atom stereocenters. The molecule has 28 heavy (non-hydrogen) atoms. The van der Waals surface area contributed by atoms with E-state index in [4.69, 9.17) is 4.42 Å². The van der Waals surface area contributed by atoms with Crippen molar-refractivity contribution < 1.29 is 9.52 Å². The molecule has 1 aliphatic carbocycles. The topological polar surface area (TPSA) is 61.5 Å². The minimum Gasteiger partial charge on any atom is -0.431 e. The Hall–Kier alpha value is -2.79. The van der Waals surface area contributed by atoms with Gasteiger partial charge in [-0.15, -0.1) is 0 Å². The first kappa shape index (κ1) is 17.3. The zero-order valence-electron chi connectivity index (χ0n) is 15.9. The highest BCUT2D eigenvalue weighted by Crippen LogP contribution is 2.31. The van der Waals surface area contributed by atoms with Gasteiger partial charge in [-0.2, -0.15) is 4.98 Å². The zero-order chi connectivity index (χ0) is 18.9. The summed E-state index contributed by atoms with van der Waals surface area (Å²) >= 11 is 0. The smallest absolute Gasteiger partial charge is 0.299 e. The van der Waals surface area contributed by atoms with Crippen molar-refractivity contribution in [2.24, 2.45) is 0 Å². The van der Waals surface area contributed by atoms with Gasteiger partial charge in [0.2, 0.25) is 0 Å². The number of aliphatic hydroxyl groups excluding tert-OH is 1. The Balaban J connectivity index is 1.34. The van der Waals surface area contributed by atoms with Crippen molar-refractivity contribution in [3.8, 4) is 11.3 Å². The predicted octanol–water partition coefficient (Wildman–Crippen LogP) is 4.54. The molecule has 1 fully saturated rings. The van der Waals surface area contributed by atoms with Gasteiger partial charge in [0.05, 0.1) is 6.10 Å². The van der Waals surface area contributed by atoms with Crippen LogP contribution in [-0.4, -0.2) is 29.3 Å². The molecular formula is C23H25N3O2. The Morgan fingerprint density at radius 1 is 1.07 bits per heavy atom. The number of fused-ring (bicyclic) bond motifs is 1. The summed E-state index contributed by atoms with van der Waals surface area (Å²) in [6.07, 6.45) is 6.38. The summed E-state index contributed by atoms with van der Waals surface area (Å²) < 4.78 is 5.68. The quantitative estimate of drug-likeness (QED) is 0.701. The van der Waals surface area contributed by atoms with Gasteiger partial charge >= 0.3 is 0 Å². The van der Waals surface area contributed by atoms with Crippen LogP contribution in [0.25, 0.3) is 11.3 Å². The Morgan fingerprint density at radius 2 is 1.89 bits per heavy atom. The zero-order valence-corrected chi connectivity index (χ0v) is 15.9. The summed E-state index contributed by atoms with van der Waals surface area (Å²) in [5.74, 6) is 0. The lowest BCUT2D eigenvalue weighted by Crippen LogP contribution is -2.19. The highest BCUT2D eigenvalue weighted by Gasteiger charge is 2.20. The second kappa shape index (κ2) is 7.32. The van der Waals surface area contributed by atoms with Crippen LogP contribution in [0.2, 0.25) is 0 Å². The van der Waals surface area contributed by atoms with Crippen molar-refractivity contribution >= 4 is 17.4 Å². The molecule has 5 nitrogen and oxygen atoms in total. The maximum Gasteiger partial charge on any atom is 0.299 e. The van der Waals surface area contributed by atoms with Crippen molar-refractivity contribution in [2.75, 3.05) is 23.3 Å². The van der Waals surface area contributed by atoms with Gasteiger partial charge in [-0.1, -0.05) is 24.3 Å².